The van der Waals surface area contributed by atoms with Gasteiger partial charge in [-0.05, 0) is 109 Å². The van der Waals surface area contributed by atoms with Crippen molar-refractivity contribution < 1.29 is 27.1 Å². The smallest absolute Gasteiger partial charge is 0.419 e. The molecule has 0 amide bonds. The van der Waals surface area contributed by atoms with Crippen LogP contribution in [0.25, 0.3) is 27.8 Å². The molecule has 6 nitrogen and oxygen atoms in total. The fourth-order valence-electron chi connectivity index (χ4n) is 6.76. The van der Waals surface area contributed by atoms with Crippen LogP contribution in [0.3, 0.4) is 0 Å². The van der Waals surface area contributed by atoms with Crippen LogP contribution in [0.2, 0.25) is 0 Å². The molecular weight excluding hydrogens is 723 g/mol. The number of nitrogens with zero attached hydrogens (tertiary/aromatic N) is 4. The van der Waals surface area contributed by atoms with E-state index >= 15 is 4.39 Å². The largest absolute Gasteiger partial charge is 0.438 e. The molecule has 11 heteroatoms. The van der Waals surface area contributed by atoms with Gasteiger partial charge in [0.1, 0.15) is 10.4 Å². The van der Waals surface area contributed by atoms with Gasteiger partial charge in [-0.3, -0.25) is 4.90 Å². The third kappa shape index (κ3) is 5.64. The van der Waals surface area contributed by atoms with Gasteiger partial charge in [-0.15, -0.1) is 0 Å². The zero-order valence-corrected chi connectivity index (χ0v) is 29.0. The number of alkyl halides is 4. The second-order valence-electron chi connectivity index (χ2n) is 12.3. The number of rotatable bonds is 7. The highest BCUT2D eigenvalue weighted by molar-refractivity contribution is 14.1. The Labute approximate surface area is 284 Å². The molecule has 1 aliphatic heterocycles. The Morgan fingerprint density at radius 3 is 2.34 bits per heavy atom. The zero-order chi connectivity index (χ0) is 33.8. The van der Waals surface area contributed by atoms with Crippen LogP contribution in [0.15, 0.2) is 60.8 Å². The molecule has 5 aromatic rings. The van der Waals surface area contributed by atoms with E-state index in [0.717, 1.165) is 58.2 Å². The number of carbonyl (C=O) groups excluding carboxylic acids is 1. The van der Waals surface area contributed by atoms with Crippen LogP contribution in [-0.2, 0) is 42.4 Å². The van der Waals surface area contributed by atoms with Gasteiger partial charge in [0.15, 0.2) is 0 Å². The summed E-state index contributed by atoms with van der Waals surface area (Å²) in [5.74, 6) is -0.551. The number of carbonyl (C=O) groups is 1. The predicted octanol–water partition coefficient (Wildman–Crippen LogP) is 9.71. The van der Waals surface area contributed by atoms with Gasteiger partial charge >= 0.3 is 12.3 Å². The Morgan fingerprint density at radius 2 is 1.72 bits per heavy atom. The Bertz CT molecular complexity index is 1990. The number of para-hydroxylation sites is 1. The van der Waals surface area contributed by atoms with Gasteiger partial charge in [-0.25, -0.2) is 18.4 Å². The summed E-state index contributed by atoms with van der Waals surface area (Å²) in [7, 11) is 0. The third-order valence-corrected chi connectivity index (χ3v) is 9.65. The summed E-state index contributed by atoms with van der Waals surface area (Å²) >= 11 is 1.92. The van der Waals surface area contributed by atoms with Crippen LogP contribution in [-0.4, -0.2) is 30.0 Å². The van der Waals surface area contributed by atoms with Gasteiger partial charge in [0.2, 0.25) is 0 Å². The van der Waals surface area contributed by atoms with E-state index in [1.54, 1.807) is 25.1 Å². The molecule has 0 aliphatic carbocycles. The molecule has 3 aromatic carbocycles. The van der Waals surface area contributed by atoms with Crippen molar-refractivity contribution in [2.45, 2.75) is 72.3 Å². The number of aryl methyl sites for hydroxylation is 3. The van der Waals surface area contributed by atoms with E-state index in [2.05, 4.69) is 44.7 Å². The van der Waals surface area contributed by atoms with E-state index in [-0.39, 0.29) is 10.1 Å². The average Bonchev–Trinajstić information content (AvgIpc) is 3.70. The van der Waals surface area contributed by atoms with Crippen LogP contribution >= 0.6 is 22.6 Å². The fourth-order valence-corrected chi connectivity index (χ4v) is 7.02. The topological polar surface area (TPSA) is 52.3 Å². The number of fused-ring (bicyclic) bond motifs is 2. The fraction of sp³-hybridized carbons (Fsp3) is 0.333. The van der Waals surface area contributed by atoms with Crippen LogP contribution < -0.4 is 0 Å². The maximum absolute atomic E-state index is 15.5. The van der Waals surface area contributed by atoms with Crippen LogP contribution in [0, 0.1) is 12.7 Å². The van der Waals surface area contributed by atoms with Crippen molar-refractivity contribution in [2.24, 2.45) is 0 Å². The van der Waals surface area contributed by atoms with Gasteiger partial charge in [0.05, 0.1) is 33.7 Å². The molecule has 0 N–H and O–H groups in total. The van der Waals surface area contributed by atoms with Crippen molar-refractivity contribution in [1.82, 2.24) is 19.2 Å². The maximum atomic E-state index is 15.5. The molecule has 3 heterocycles. The molecule has 0 fully saturated rings. The van der Waals surface area contributed by atoms with Crippen LogP contribution in [0.1, 0.15) is 66.8 Å². The summed E-state index contributed by atoms with van der Waals surface area (Å²) in [5.41, 5.74) is 6.72. The first-order valence-corrected chi connectivity index (χ1v) is 17.0. The Hall–Kier alpha value is -3.71. The van der Waals surface area contributed by atoms with Crippen LogP contribution in [0.4, 0.5) is 22.4 Å². The lowest BCUT2D eigenvalue weighted by atomic mass is 9.96. The number of ether oxygens (including phenoxy) is 1. The highest BCUT2D eigenvalue weighted by Crippen LogP contribution is 2.47. The minimum absolute atomic E-state index is 0.118. The highest BCUT2D eigenvalue weighted by Gasteiger charge is 2.43. The van der Waals surface area contributed by atoms with E-state index in [9.17, 15) is 18.0 Å². The number of hydrogen-bond donors (Lipinski definition) is 0. The van der Waals surface area contributed by atoms with Crippen molar-refractivity contribution >= 4 is 39.6 Å². The quantitative estimate of drug-likeness (QED) is 0.0943. The first-order valence-electron chi connectivity index (χ1n) is 15.5. The molecule has 0 unspecified atom stereocenters. The Morgan fingerprint density at radius 1 is 1.02 bits per heavy atom. The van der Waals surface area contributed by atoms with E-state index in [1.807, 2.05) is 33.3 Å². The molecular formula is C36H35F4IN4O2. The molecule has 0 saturated heterocycles. The summed E-state index contributed by atoms with van der Waals surface area (Å²) in [6.45, 7) is 10.9. The van der Waals surface area contributed by atoms with Gasteiger partial charge in [0.25, 0.3) is 0 Å². The minimum atomic E-state index is -4.41. The van der Waals surface area contributed by atoms with Gasteiger partial charge in [-0.2, -0.15) is 18.3 Å². The van der Waals surface area contributed by atoms with E-state index < -0.39 is 29.2 Å². The molecule has 6 rings (SSSR count). The lowest BCUT2D eigenvalue weighted by Gasteiger charge is -2.32. The summed E-state index contributed by atoms with van der Waals surface area (Å²) in [4.78, 5) is 15.0. The maximum Gasteiger partial charge on any atom is 0.419 e. The summed E-state index contributed by atoms with van der Waals surface area (Å²) < 4.78 is 64.2. The number of hydrogen-bond acceptors (Lipinski definition) is 4. The number of aromatic nitrogens is 3. The minimum Gasteiger partial charge on any atom is -0.438 e. The van der Waals surface area contributed by atoms with Crippen molar-refractivity contribution in [2.75, 3.05) is 4.61 Å². The molecule has 0 atom stereocenters. The molecule has 1 aliphatic rings. The molecule has 47 heavy (non-hydrogen) atoms. The standard InChI is InChI=1S/C36H35F4IN4O2/c1-6-22-9-8-10-23(7-2)30(22)45-31(26-13-14-29(37)32-27(26)15-16-44(32)34(46)47-20-41)28-19-43(35(4,5)33(28)42-45)18-24-11-12-25(17-21(24)3)36(38,39)40/h8-17H,6-7,18-20H2,1-5H3. The first kappa shape index (κ1) is 33.2. The SMILES string of the molecule is CCc1cccc(CC)c1-n1nc2c(c1-c1ccc(F)c3c1ccn3C(=O)OCI)CN(Cc1ccc(C(F)(F)F)cc1C)C2(C)C. The van der Waals surface area contributed by atoms with E-state index in [1.165, 1.54) is 22.9 Å². The summed E-state index contributed by atoms with van der Waals surface area (Å²) in [6.07, 6.45) is -2.02. The summed E-state index contributed by atoms with van der Waals surface area (Å²) in [5, 5.41) is 5.84. The highest BCUT2D eigenvalue weighted by atomic mass is 127. The predicted molar refractivity (Wildman–Crippen MR) is 182 cm³/mol. The van der Waals surface area contributed by atoms with Crippen LogP contribution in [0.5, 0.6) is 0 Å². The second-order valence-corrected chi connectivity index (χ2v) is 13.0. The van der Waals surface area contributed by atoms with Gasteiger partial charge in [-0.1, -0.05) is 38.1 Å². The second kappa shape index (κ2) is 12.4. The lowest BCUT2D eigenvalue weighted by molar-refractivity contribution is -0.137. The molecule has 0 bridgehead atoms. The molecule has 246 valence electrons. The van der Waals surface area contributed by atoms with E-state index in [0.29, 0.717) is 29.6 Å². The normalized spacial score (nSPS) is 14.6. The van der Waals surface area contributed by atoms with Crippen molar-refractivity contribution in [1.29, 1.82) is 0 Å². The molecule has 0 spiro atoms. The van der Waals surface area contributed by atoms with Crippen molar-refractivity contribution in [3.05, 3.63) is 106 Å². The monoisotopic (exact) mass is 758 g/mol. The van der Waals surface area contributed by atoms with E-state index in [4.69, 9.17) is 9.84 Å². The summed E-state index contributed by atoms with van der Waals surface area (Å²) in [6, 6.07) is 14.9. The number of benzene rings is 3. The van der Waals surface area contributed by atoms with Crippen molar-refractivity contribution in [3.63, 3.8) is 0 Å². The van der Waals surface area contributed by atoms with Gasteiger partial charge in [0, 0.05) is 35.8 Å². The average molecular weight is 759 g/mol. The third-order valence-electron chi connectivity index (χ3n) is 9.34. The van der Waals surface area contributed by atoms with Crippen molar-refractivity contribution in [3.8, 4) is 16.9 Å². The number of halogens is 5. The Kier molecular flexibility index (Phi) is 8.75. The lowest BCUT2D eigenvalue weighted by Crippen LogP contribution is -2.36. The molecule has 2 aromatic heterocycles. The Balaban J connectivity index is 1.56. The first-order chi connectivity index (χ1) is 22.3. The molecule has 0 radical (unpaired) electrons. The van der Waals surface area contributed by atoms with Gasteiger partial charge < -0.3 is 4.74 Å². The zero-order valence-electron chi connectivity index (χ0n) is 26.8. The molecule has 0 saturated carbocycles.